The number of anilines is 1. The molecule has 0 aliphatic rings. The summed E-state index contributed by atoms with van der Waals surface area (Å²) in [7, 11) is 0. The first kappa shape index (κ1) is 18.4. The molecular weight excluding hydrogens is 380 g/mol. The third kappa shape index (κ3) is 4.42. The Labute approximate surface area is 159 Å². The second-order valence-electron chi connectivity index (χ2n) is 5.45. The SMILES string of the molecule is CCn1nnnc1NCc1cc(Cl)ccc1OCc1ccc(F)cc1Cl. The second-order valence-corrected chi connectivity index (χ2v) is 6.29. The zero-order chi connectivity index (χ0) is 18.5. The van der Waals surface area contributed by atoms with Crippen molar-refractivity contribution < 1.29 is 9.13 Å². The summed E-state index contributed by atoms with van der Waals surface area (Å²) in [5.41, 5.74) is 1.53. The standard InChI is InChI=1S/C17H16Cl2FN5O/c1-2-25-17(22-23-24-25)21-9-12-7-13(18)4-6-16(12)26-10-11-3-5-14(20)8-15(11)19/h3-8H,2,9-10H2,1H3,(H,21,22,24). The van der Waals surface area contributed by atoms with E-state index >= 15 is 0 Å². The number of benzene rings is 2. The number of rotatable bonds is 7. The summed E-state index contributed by atoms with van der Waals surface area (Å²) in [5, 5.41) is 15.5. The molecule has 2 aromatic carbocycles. The van der Waals surface area contributed by atoms with Crippen molar-refractivity contribution in [3.8, 4) is 5.75 Å². The molecule has 0 saturated heterocycles. The predicted molar refractivity (Wildman–Crippen MR) is 98.0 cm³/mol. The van der Waals surface area contributed by atoms with Crippen LogP contribution in [0.25, 0.3) is 0 Å². The summed E-state index contributed by atoms with van der Waals surface area (Å²) in [6, 6.07) is 9.52. The molecule has 9 heteroatoms. The number of hydrogen-bond acceptors (Lipinski definition) is 5. The summed E-state index contributed by atoms with van der Waals surface area (Å²) in [6.07, 6.45) is 0. The third-order valence-corrected chi connectivity index (χ3v) is 4.28. The van der Waals surface area contributed by atoms with Gasteiger partial charge in [-0.25, -0.2) is 9.07 Å². The lowest BCUT2D eigenvalue weighted by Gasteiger charge is -2.13. The van der Waals surface area contributed by atoms with E-state index in [1.807, 2.05) is 6.92 Å². The topological polar surface area (TPSA) is 64.9 Å². The lowest BCUT2D eigenvalue weighted by Crippen LogP contribution is -2.09. The zero-order valence-electron chi connectivity index (χ0n) is 13.9. The van der Waals surface area contributed by atoms with Crippen molar-refractivity contribution in [1.29, 1.82) is 0 Å². The van der Waals surface area contributed by atoms with Crippen molar-refractivity contribution in [2.24, 2.45) is 0 Å². The third-order valence-electron chi connectivity index (χ3n) is 3.69. The van der Waals surface area contributed by atoms with Crippen LogP contribution in [-0.2, 0) is 19.7 Å². The van der Waals surface area contributed by atoms with Crippen molar-refractivity contribution in [3.63, 3.8) is 0 Å². The van der Waals surface area contributed by atoms with E-state index in [1.165, 1.54) is 12.1 Å². The van der Waals surface area contributed by atoms with Gasteiger partial charge in [0.2, 0.25) is 5.95 Å². The summed E-state index contributed by atoms with van der Waals surface area (Å²) in [5.74, 6) is 0.807. The molecule has 3 rings (SSSR count). The molecule has 0 unspecified atom stereocenters. The van der Waals surface area contributed by atoms with Gasteiger partial charge in [-0.15, -0.1) is 0 Å². The van der Waals surface area contributed by atoms with Crippen molar-refractivity contribution in [1.82, 2.24) is 20.2 Å². The van der Waals surface area contributed by atoms with Gasteiger partial charge in [-0.1, -0.05) is 34.4 Å². The Hall–Kier alpha value is -2.38. The molecule has 0 radical (unpaired) electrons. The number of aromatic nitrogens is 4. The molecule has 0 aliphatic heterocycles. The Morgan fingerprint density at radius 3 is 2.77 bits per heavy atom. The van der Waals surface area contributed by atoms with Gasteiger partial charge in [0.1, 0.15) is 18.2 Å². The molecule has 26 heavy (non-hydrogen) atoms. The maximum Gasteiger partial charge on any atom is 0.243 e. The van der Waals surface area contributed by atoms with Gasteiger partial charge in [0.15, 0.2) is 0 Å². The highest BCUT2D eigenvalue weighted by Gasteiger charge is 2.10. The second kappa shape index (κ2) is 8.33. The van der Waals surface area contributed by atoms with Crippen LogP contribution >= 0.6 is 23.2 Å². The summed E-state index contributed by atoms with van der Waals surface area (Å²) >= 11 is 12.1. The number of ether oxygens (including phenoxy) is 1. The Kier molecular flexibility index (Phi) is 5.90. The molecule has 1 heterocycles. The van der Waals surface area contributed by atoms with Crippen molar-refractivity contribution in [3.05, 3.63) is 63.4 Å². The normalized spacial score (nSPS) is 10.8. The van der Waals surface area contributed by atoms with Crippen LogP contribution in [0.3, 0.4) is 0 Å². The Bertz CT molecular complexity index is 903. The van der Waals surface area contributed by atoms with E-state index in [4.69, 9.17) is 27.9 Å². The first-order valence-corrected chi connectivity index (χ1v) is 8.67. The van der Waals surface area contributed by atoms with E-state index in [0.29, 0.717) is 40.4 Å². The highest BCUT2D eigenvalue weighted by atomic mass is 35.5. The zero-order valence-corrected chi connectivity index (χ0v) is 15.4. The van der Waals surface area contributed by atoms with Crippen LogP contribution in [0.15, 0.2) is 36.4 Å². The fourth-order valence-electron chi connectivity index (χ4n) is 2.34. The minimum Gasteiger partial charge on any atom is -0.488 e. The molecule has 6 nitrogen and oxygen atoms in total. The van der Waals surface area contributed by atoms with Crippen LogP contribution in [0.5, 0.6) is 5.75 Å². The Balaban J connectivity index is 1.73. The maximum absolute atomic E-state index is 13.1. The molecular formula is C17H16Cl2FN5O. The minimum absolute atomic E-state index is 0.209. The molecule has 136 valence electrons. The Morgan fingerprint density at radius 1 is 1.15 bits per heavy atom. The summed E-state index contributed by atoms with van der Waals surface area (Å²) in [4.78, 5) is 0. The lowest BCUT2D eigenvalue weighted by molar-refractivity contribution is 0.303. The number of nitrogens with zero attached hydrogens (tertiary/aromatic N) is 4. The van der Waals surface area contributed by atoms with E-state index in [-0.39, 0.29) is 12.4 Å². The van der Waals surface area contributed by atoms with Gasteiger partial charge < -0.3 is 10.1 Å². The molecule has 0 saturated carbocycles. The highest BCUT2D eigenvalue weighted by Crippen LogP contribution is 2.26. The van der Waals surface area contributed by atoms with Crippen LogP contribution < -0.4 is 10.1 Å². The predicted octanol–water partition coefficient (Wildman–Crippen LogP) is 4.33. The largest absolute Gasteiger partial charge is 0.488 e. The molecule has 3 aromatic rings. The quantitative estimate of drug-likeness (QED) is 0.644. The van der Waals surface area contributed by atoms with Crippen LogP contribution in [0.2, 0.25) is 10.0 Å². The number of aryl methyl sites for hydroxylation is 1. The molecule has 0 atom stereocenters. The first-order valence-electron chi connectivity index (χ1n) is 7.92. The number of nitrogens with one attached hydrogen (secondary N) is 1. The number of halogens is 3. The van der Waals surface area contributed by atoms with Crippen LogP contribution in [0, 0.1) is 5.82 Å². The first-order chi connectivity index (χ1) is 12.6. The van der Waals surface area contributed by atoms with Gasteiger partial charge >= 0.3 is 0 Å². The molecule has 1 aromatic heterocycles. The lowest BCUT2D eigenvalue weighted by atomic mass is 10.2. The van der Waals surface area contributed by atoms with Gasteiger partial charge in [0.25, 0.3) is 0 Å². The molecule has 0 amide bonds. The van der Waals surface area contributed by atoms with E-state index in [2.05, 4.69) is 20.8 Å². The minimum atomic E-state index is -0.385. The van der Waals surface area contributed by atoms with Crippen LogP contribution in [-0.4, -0.2) is 20.2 Å². The Morgan fingerprint density at radius 2 is 2.00 bits per heavy atom. The molecule has 0 spiro atoms. The van der Waals surface area contributed by atoms with Crippen molar-refractivity contribution in [2.75, 3.05) is 5.32 Å². The van der Waals surface area contributed by atoms with E-state index in [0.717, 1.165) is 5.56 Å². The molecule has 0 fully saturated rings. The molecule has 0 aliphatic carbocycles. The van der Waals surface area contributed by atoms with Gasteiger partial charge in [-0.2, -0.15) is 0 Å². The fraction of sp³-hybridized carbons (Fsp3) is 0.235. The summed E-state index contributed by atoms with van der Waals surface area (Å²) < 4.78 is 20.7. The van der Waals surface area contributed by atoms with Crippen LogP contribution in [0.1, 0.15) is 18.1 Å². The van der Waals surface area contributed by atoms with Crippen LogP contribution in [0.4, 0.5) is 10.3 Å². The summed E-state index contributed by atoms with van der Waals surface area (Å²) in [6.45, 7) is 3.23. The average molecular weight is 396 g/mol. The maximum atomic E-state index is 13.1. The molecule has 0 bridgehead atoms. The monoisotopic (exact) mass is 395 g/mol. The van der Waals surface area contributed by atoms with E-state index < -0.39 is 0 Å². The smallest absolute Gasteiger partial charge is 0.243 e. The number of hydrogen-bond donors (Lipinski definition) is 1. The number of tetrazole rings is 1. The van der Waals surface area contributed by atoms with Crippen molar-refractivity contribution in [2.45, 2.75) is 26.6 Å². The van der Waals surface area contributed by atoms with Gasteiger partial charge in [-0.05, 0) is 47.7 Å². The molecule has 1 N–H and O–H groups in total. The van der Waals surface area contributed by atoms with Gasteiger partial charge in [0.05, 0.1) is 5.02 Å². The average Bonchev–Trinajstić information content (AvgIpc) is 3.08. The van der Waals surface area contributed by atoms with E-state index in [1.54, 1.807) is 28.9 Å². The van der Waals surface area contributed by atoms with E-state index in [9.17, 15) is 4.39 Å². The fourth-order valence-corrected chi connectivity index (χ4v) is 2.76. The van der Waals surface area contributed by atoms with Crippen molar-refractivity contribution >= 4 is 29.2 Å². The van der Waals surface area contributed by atoms with Gasteiger partial charge in [0, 0.05) is 29.2 Å². The highest BCUT2D eigenvalue weighted by molar-refractivity contribution is 6.31. The van der Waals surface area contributed by atoms with Gasteiger partial charge in [-0.3, -0.25) is 0 Å².